The summed E-state index contributed by atoms with van der Waals surface area (Å²) in [6.07, 6.45) is 0. The number of rotatable bonds is 0. The van der Waals surface area contributed by atoms with Crippen molar-refractivity contribution >= 4 is 37.3 Å². The van der Waals surface area contributed by atoms with Crippen molar-refractivity contribution in [1.82, 2.24) is 9.61 Å². The number of aromatic nitrogens is 2. The molecule has 2 nitrogen and oxygen atoms in total. The van der Waals surface area contributed by atoms with E-state index in [1.165, 1.54) is 20.4 Å². The Balaban J connectivity index is 2.35. The zero-order valence-corrected chi connectivity index (χ0v) is 9.24. The second-order valence-electron chi connectivity index (χ2n) is 3.80. The Morgan fingerprint density at radius 3 is 2.75 bits per heavy atom. The van der Waals surface area contributed by atoms with Gasteiger partial charge in [0.1, 0.15) is 4.83 Å². The summed E-state index contributed by atoms with van der Waals surface area (Å²) in [4.78, 5) is 1.23. The highest BCUT2D eigenvalue weighted by molar-refractivity contribution is 7.24. The molecule has 3 heteroatoms. The number of para-hydroxylation sites is 1. The van der Waals surface area contributed by atoms with E-state index in [1.807, 2.05) is 10.6 Å². The maximum Gasteiger partial charge on any atom is 0.128 e. The summed E-state index contributed by atoms with van der Waals surface area (Å²) in [6.45, 7) is 0. The van der Waals surface area contributed by atoms with E-state index in [2.05, 4.69) is 47.6 Å². The van der Waals surface area contributed by atoms with Crippen molar-refractivity contribution in [2.75, 3.05) is 0 Å². The number of thiazole rings is 1. The predicted molar refractivity (Wildman–Crippen MR) is 68.1 cm³/mol. The molecule has 4 aromatic rings. The van der Waals surface area contributed by atoms with Crippen LogP contribution in [-0.2, 0) is 0 Å². The van der Waals surface area contributed by atoms with E-state index in [9.17, 15) is 0 Å². The van der Waals surface area contributed by atoms with Gasteiger partial charge in [0, 0.05) is 5.39 Å². The molecule has 0 N–H and O–H groups in total. The van der Waals surface area contributed by atoms with Crippen LogP contribution in [-0.4, -0.2) is 9.61 Å². The first kappa shape index (κ1) is 8.30. The largest absolute Gasteiger partial charge is 0.221 e. The van der Waals surface area contributed by atoms with Crippen LogP contribution >= 0.6 is 11.3 Å². The molecule has 0 saturated heterocycles. The summed E-state index contributed by atoms with van der Waals surface area (Å²) in [7, 11) is 0. The second kappa shape index (κ2) is 2.83. The third kappa shape index (κ3) is 0.933. The van der Waals surface area contributed by atoms with E-state index >= 15 is 0 Å². The Labute approximate surface area is 95.7 Å². The van der Waals surface area contributed by atoms with Crippen molar-refractivity contribution in [2.45, 2.75) is 0 Å². The van der Waals surface area contributed by atoms with Crippen LogP contribution in [0.3, 0.4) is 0 Å². The molecule has 4 rings (SSSR count). The first-order chi connectivity index (χ1) is 7.93. The highest BCUT2D eigenvalue weighted by Crippen LogP contribution is 2.31. The van der Waals surface area contributed by atoms with Crippen LogP contribution in [0.2, 0.25) is 0 Å². The molecule has 0 aliphatic rings. The molecule has 0 unspecified atom stereocenters. The summed E-state index contributed by atoms with van der Waals surface area (Å²) in [5.74, 6) is 0. The quantitative estimate of drug-likeness (QED) is 0.445. The molecule has 2 heterocycles. The molecule has 2 aromatic heterocycles. The first-order valence-corrected chi connectivity index (χ1v) is 6.00. The Bertz CT molecular complexity index is 741. The van der Waals surface area contributed by atoms with E-state index in [0.29, 0.717) is 0 Å². The fourth-order valence-electron chi connectivity index (χ4n) is 2.09. The summed E-state index contributed by atoms with van der Waals surface area (Å²) in [5, 5.41) is 5.87. The average molecular weight is 224 g/mol. The van der Waals surface area contributed by atoms with Crippen molar-refractivity contribution in [3.8, 4) is 0 Å². The van der Waals surface area contributed by atoms with Gasteiger partial charge in [0.25, 0.3) is 0 Å². The highest BCUT2D eigenvalue weighted by Gasteiger charge is 2.09. The van der Waals surface area contributed by atoms with Crippen LogP contribution in [0, 0.1) is 0 Å². The van der Waals surface area contributed by atoms with Crippen LogP contribution in [0.25, 0.3) is 25.9 Å². The highest BCUT2D eigenvalue weighted by atomic mass is 32.1. The first-order valence-electron chi connectivity index (χ1n) is 5.18. The van der Waals surface area contributed by atoms with Gasteiger partial charge in [0.05, 0.1) is 15.7 Å². The normalized spacial score (nSPS) is 11.8. The molecular weight excluding hydrogens is 216 g/mol. The molecule has 0 aliphatic heterocycles. The Morgan fingerprint density at radius 2 is 1.75 bits per heavy atom. The molecule has 0 spiro atoms. The summed E-state index contributed by atoms with van der Waals surface area (Å²) in [6, 6.07) is 16.7. The van der Waals surface area contributed by atoms with Gasteiger partial charge in [-0.05, 0) is 24.3 Å². The summed E-state index contributed by atoms with van der Waals surface area (Å²) < 4.78 is 3.33. The molecule has 0 saturated carbocycles. The smallest absolute Gasteiger partial charge is 0.128 e. The van der Waals surface area contributed by atoms with Crippen molar-refractivity contribution in [1.29, 1.82) is 0 Å². The fraction of sp³-hybridized carbons (Fsp3) is 0. The number of fused-ring (bicyclic) bond motifs is 5. The van der Waals surface area contributed by atoms with Crippen molar-refractivity contribution in [3.05, 3.63) is 48.5 Å². The third-order valence-electron chi connectivity index (χ3n) is 2.83. The number of benzene rings is 2. The van der Waals surface area contributed by atoms with Gasteiger partial charge < -0.3 is 0 Å². The van der Waals surface area contributed by atoms with E-state index in [1.54, 1.807) is 11.3 Å². The van der Waals surface area contributed by atoms with Gasteiger partial charge in [-0.25, -0.2) is 4.52 Å². The monoisotopic (exact) mass is 224 g/mol. The number of hydrogen-bond acceptors (Lipinski definition) is 2. The van der Waals surface area contributed by atoms with E-state index in [4.69, 9.17) is 0 Å². The molecule has 2 aromatic carbocycles. The molecule has 16 heavy (non-hydrogen) atoms. The standard InChI is InChI=1S/C13H8N2S/c1-2-6-10-9(5-1)13-15(14-10)11-7-3-4-8-12(11)16-13/h1-8H. The van der Waals surface area contributed by atoms with E-state index in [-0.39, 0.29) is 0 Å². The zero-order valence-electron chi connectivity index (χ0n) is 8.42. The van der Waals surface area contributed by atoms with Crippen molar-refractivity contribution < 1.29 is 0 Å². The lowest BCUT2D eigenvalue weighted by molar-refractivity contribution is 1.04. The SMILES string of the molecule is c1ccc2c(c1)nn1c3ccccc3sc21. The zero-order chi connectivity index (χ0) is 10.5. The minimum atomic E-state index is 1.07. The summed E-state index contributed by atoms with van der Waals surface area (Å²) >= 11 is 1.80. The Morgan fingerprint density at radius 1 is 0.938 bits per heavy atom. The number of hydrogen-bond donors (Lipinski definition) is 0. The molecule has 0 atom stereocenters. The van der Waals surface area contributed by atoms with Gasteiger partial charge in [-0.15, -0.1) is 11.3 Å². The molecule has 0 fully saturated rings. The van der Waals surface area contributed by atoms with Crippen LogP contribution in [0.4, 0.5) is 0 Å². The third-order valence-corrected chi connectivity index (χ3v) is 3.99. The van der Waals surface area contributed by atoms with Crippen LogP contribution in [0.5, 0.6) is 0 Å². The Hall–Kier alpha value is -1.87. The Kier molecular flexibility index (Phi) is 1.47. The van der Waals surface area contributed by atoms with Gasteiger partial charge in [0.15, 0.2) is 0 Å². The van der Waals surface area contributed by atoms with Gasteiger partial charge in [0.2, 0.25) is 0 Å². The lowest BCUT2D eigenvalue weighted by atomic mass is 10.3. The van der Waals surface area contributed by atoms with Gasteiger partial charge in [-0.1, -0.05) is 24.3 Å². The van der Waals surface area contributed by atoms with Gasteiger partial charge in [-0.2, -0.15) is 5.10 Å². The minimum Gasteiger partial charge on any atom is -0.221 e. The van der Waals surface area contributed by atoms with E-state index in [0.717, 1.165) is 5.52 Å². The molecule has 76 valence electrons. The van der Waals surface area contributed by atoms with Crippen LogP contribution in [0.1, 0.15) is 0 Å². The maximum atomic E-state index is 4.63. The van der Waals surface area contributed by atoms with Gasteiger partial charge in [-0.3, -0.25) is 0 Å². The molecule has 0 bridgehead atoms. The van der Waals surface area contributed by atoms with Crippen LogP contribution in [0.15, 0.2) is 48.5 Å². The van der Waals surface area contributed by atoms with Crippen molar-refractivity contribution in [3.63, 3.8) is 0 Å². The predicted octanol–water partition coefficient (Wildman–Crippen LogP) is 3.70. The average Bonchev–Trinajstić information content (AvgIpc) is 2.85. The maximum absolute atomic E-state index is 4.63. The topological polar surface area (TPSA) is 17.3 Å². The summed E-state index contributed by atoms with van der Waals surface area (Å²) in [5.41, 5.74) is 2.26. The van der Waals surface area contributed by atoms with Gasteiger partial charge >= 0.3 is 0 Å². The molecular formula is C13H8N2S. The van der Waals surface area contributed by atoms with E-state index < -0.39 is 0 Å². The van der Waals surface area contributed by atoms with Crippen molar-refractivity contribution in [2.24, 2.45) is 0 Å². The molecule has 0 radical (unpaired) electrons. The number of nitrogens with zero attached hydrogens (tertiary/aromatic N) is 2. The molecule has 0 aliphatic carbocycles. The second-order valence-corrected chi connectivity index (χ2v) is 4.83. The van der Waals surface area contributed by atoms with Crippen LogP contribution < -0.4 is 0 Å². The fourth-order valence-corrected chi connectivity index (χ4v) is 3.22. The molecule has 0 amide bonds. The minimum absolute atomic E-state index is 1.07. The lowest BCUT2D eigenvalue weighted by Gasteiger charge is -1.87. The lowest BCUT2D eigenvalue weighted by Crippen LogP contribution is -1.80.